The van der Waals surface area contributed by atoms with Gasteiger partial charge < -0.3 is 4.90 Å². The molecule has 0 aliphatic rings. The van der Waals surface area contributed by atoms with Crippen LogP contribution in [0.4, 0.5) is 17.1 Å². The quantitative estimate of drug-likeness (QED) is 0.114. The minimum atomic E-state index is 0.0210. The summed E-state index contributed by atoms with van der Waals surface area (Å²) >= 11 is 0. The highest BCUT2D eigenvalue weighted by Gasteiger charge is 2.19. The molecule has 0 saturated carbocycles. The number of fused-ring (bicyclic) bond motifs is 6. The van der Waals surface area contributed by atoms with Crippen LogP contribution in [-0.2, 0) is 0 Å². The molecule has 0 fully saturated rings. The second kappa shape index (κ2) is 15.5. The van der Waals surface area contributed by atoms with Crippen LogP contribution in [0.3, 0.4) is 0 Å². The molecule has 60 heavy (non-hydrogen) atoms. The van der Waals surface area contributed by atoms with E-state index in [4.69, 9.17) is 9.97 Å². The monoisotopic (exact) mass is 765 g/mol. The predicted molar refractivity (Wildman–Crippen MR) is 243 cm³/mol. The van der Waals surface area contributed by atoms with Crippen molar-refractivity contribution in [2.45, 2.75) is 5.92 Å². The summed E-state index contributed by atoms with van der Waals surface area (Å²) in [4.78, 5) is 11.7. The van der Waals surface area contributed by atoms with Gasteiger partial charge in [-0.25, -0.2) is 9.97 Å². The van der Waals surface area contributed by atoms with Crippen LogP contribution in [0.2, 0.25) is 0 Å². The summed E-state index contributed by atoms with van der Waals surface area (Å²) in [6.07, 6.45) is 0. The Bertz CT molecular complexity index is 2940. The molecular weight excluding hydrogens is 731 g/mol. The summed E-state index contributed by atoms with van der Waals surface area (Å²) in [6, 6.07) is 76.5. The van der Waals surface area contributed by atoms with E-state index in [0.29, 0.717) is 11.0 Å². The molecule has 0 amide bonds. The lowest BCUT2D eigenvalue weighted by molar-refractivity contribution is 0.978. The maximum atomic E-state index is 9.93. The number of nitriles is 2. The second-order valence-corrected chi connectivity index (χ2v) is 14.8. The van der Waals surface area contributed by atoms with Crippen LogP contribution < -0.4 is 4.90 Å². The molecule has 0 bridgehead atoms. The maximum Gasteiger partial charge on any atom is 0.177 e. The number of nitrogens with zero attached hydrogens (tertiary/aromatic N) is 5. The van der Waals surface area contributed by atoms with Gasteiger partial charge in [-0.1, -0.05) is 158 Å². The van der Waals surface area contributed by atoms with Gasteiger partial charge in [0, 0.05) is 33.8 Å². The Kier molecular flexibility index (Phi) is 9.31. The van der Waals surface area contributed by atoms with Crippen molar-refractivity contribution >= 4 is 49.6 Å². The molecule has 1 heterocycles. The first-order valence-electron chi connectivity index (χ1n) is 19.9. The SMILES string of the molecule is N#Cc1nc2c3ccc(-c4ccc(C(c5ccccc5)c5ccccc5)cc4)cc3c3cc(-c4ccc(N(c5ccccc5)c5ccccc5)cc4)ccc3c2nc1C#N. The molecule has 0 aliphatic carbocycles. The summed E-state index contributed by atoms with van der Waals surface area (Å²) in [5.41, 5.74) is 12.4. The Morgan fingerprint density at radius 1 is 0.350 bits per heavy atom. The van der Waals surface area contributed by atoms with E-state index in [9.17, 15) is 10.5 Å². The number of hydrogen-bond donors (Lipinski definition) is 0. The van der Waals surface area contributed by atoms with Gasteiger partial charge in [-0.3, -0.25) is 0 Å². The van der Waals surface area contributed by atoms with Crippen LogP contribution in [0.5, 0.6) is 0 Å². The van der Waals surface area contributed by atoms with Gasteiger partial charge in [0.25, 0.3) is 0 Å². The van der Waals surface area contributed by atoms with Crippen molar-refractivity contribution in [3.8, 4) is 34.4 Å². The molecule has 1 aromatic heterocycles. The number of hydrogen-bond acceptors (Lipinski definition) is 5. The minimum absolute atomic E-state index is 0.0210. The molecule has 0 aliphatic heterocycles. The first kappa shape index (κ1) is 36.0. The minimum Gasteiger partial charge on any atom is -0.311 e. The third-order valence-electron chi connectivity index (χ3n) is 11.3. The van der Waals surface area contributed by atoms with E-state index >= 15 is 0 Å². The van der Waals surface area contributed by atoms with Gasteiger partial charge >= 0.3 is 0 Å². The molecular formula is C55H35N5. The average Bonchev–Trinajstić information content (AvgIpc) is 3.33. The summed E-state index contributed by atoms with van der Waals surface area (Å²) in [5.74, 6) is 0.104. The topological polar surface area (TPSA) is 76.6 Å². The van der Waals surface area contributed by atoms with Gasteiger partial charge in [-0.2, -0.15) is 10.5 Å². The molecule has 0 spiro atoms. The molecule has 9 aromatic carbocycles. The van der Waals surface area contributed by atoms with Crippen molar-refractivity contribution in [2.24, 2.45) is 0 Å². The fourth-order valence-corrected chi connectivity index (χ4v) is 8.41. The molecule has 0 N–H and O–H groups in total. The third-order valence-corrected chi connectivity index (χ3v) is 11.3. The largest absolute Gasteiger partial charge is 0.311 e. The zero-order valence-electron chi connectivity index (χ0n) is 32.4. The molecule has 5 nitrogen and oxygen atoms in total. The average molecular weight is 766 g/mol. The van der Waals surface area contributed by atoms with Crippen molar-refractivity contribution in [3.63, 3.8) is 0 Å². The Hall–Kier alpha value is -8.38. The van der Waals surface area contributed by atoms with E-state index in [1.807, 2.05) is 12.1 Å². The number of aromatic nitrogens is 2. The first-order valence-corrected chi connectivity index (χ1v) is 19.9. The van der Waals surface area contributed by atoms with Crippen LogP contribution in [0.1, 0.15) is 34.0 Å². The van der Waals surface area contributed by atoms with Crippen LogP contribution in [0.15, 0.2) is 206 Å². The highest BCUT2D eigenvalue weighted by Crippen LogP contribution is 2.40. The molecule has 0 saturated heterocycles. The van der Waals surface area contributed by atoms with Crippen molar-refractivity contribution in [1.29, 1.82) is 10.5 Å². The predicted octanol–water partition coefficient (Wildman–Crippen LogP) is 13.7. The standard InChI is InChI=1S/C55H35N5/c56-35-51-52(36-57)59-55-48-32-28-43(38-25-29-46(30-26-38)60(44-17-9-3-10-18-44)45-19-11-4-12-20-45)34-50(48)49-33-42(27-31-47(49)54(55)58-51)37-21-23-41(24-22-37)53(39-13-5-1-6-14-39)40-15-7-2-8-16-40/h1-34,53H. The Morgan fingerprint density at radius 2 is 0.700 bits per heavy atom. The Labute approximate surface area is 348 Å². The van der Waals surface area contributed by atoms with Crippen molar-refractivity contribution < 1.29 is 0 Å². The van der Waals surface area contributed by atoms with E-state index in [2.05, 4.69) is 211 Å². The van der Waals surface area contributed by atoms with Crippen molar-refractivity contribution in [2.75, 3.05) is 4.90 Å². The van der Waals surface area contributed by atoms with E-state index in [1.54, 1.807) is 0 Å². The van der Waals surface area contributed by atoms with Gasteiger partial charge in [-0.15, -0.1) is 0 Å². The Balaban J connectivity index is 1.10. The van der Waals surface area contributed by atoms with Crippen molar-refractivity contribution in [1.82, 2.24) is 9.97 Å². The number of anilines is 3. The lowest BCUT2D eigenvalue weighted by Gasteiger charge is -2.25. The highest BCUT2D eigenvalue weighted by atomic mass is 15.1. The van der Waals surface area contributed by atoms with Gasteiger partial charge in [0.05, 0.1) is 11.0 Å². The lowest BCUT2D eigenvalue weighted by Crippen LogP contribution is -2.09. The maximum absolute atomic E-state index is 9.93. The second-order valence-electron chi connectivity index (χ2n) is 14.8. The Morgan fingerprint density at radius 3 is 1.12 bits per heavy atom. The van der Waals surface area contributed by atoms with E-state index in [1.165, 1.54) is 16.7 Å². The molecule has 10 aromatic rings. The molecule has 0 radical (unpaired) electrons. The molecule has 5 heteroatoms. The molecule has 0 atom stereocenters. The first-order chi connectivity index (χ1) is 29.7. The smallest absolute Gasteiger partial charge is 0.177 e. The van der Waals surface area contributed by atoms with Crippen molar-refractivity contribution in [3.05, 3.63) is 234 Å². The van der Waals surface area contributed by atoms with Crippen LogP contribution in [0.25, 0.3) is 54.8 Å². The summed E-state index contributed by atoms with van der Waals surface area (Å²) in [7, 11) is 0. The normalized spacial score (nSPS) is 11.1. The third kappa shape index (κ3) is 6.57. The van der Waals surface area contributed by atoms with E-state index in [-0.39, 0.29) is 17.3 Å². The summed E-state index contributed by atoms with van der Waals surface area (Å²) in [6.45, 7) is 0. The summed E-state index contributed by atoms with van der Waals surface area (Å²) in [5, 5.41) is 23.6. The van der Waals surface area contributed by atoms with Crippen LogP contribution in [0, 0.1) is 22.7 Å². The van der Waals surface area contributed by atoms with Gasteiger partial charge in [0.1, 0.15) is 12.1 Å². The zero-order chi connectivity index (χ0) is 40.4. The van der Waals surface area contributed by atoms with E-state index in [0.717, 1.165) is 60.9 Å². The van der Waals surface area contributed by atoms with E-state index < -0.39 is 0 Å². The van der Waals surface area contributed by atoms with Gasteiger partial charge in [-0.05, 0) is 98.2 Å². The zero-order valence-corrected chi connectivity index (χ0v) is 32.4. The lowest BCUT2D eigenvalue weighted by atomic mass is 9.84. The molecule has 0 unspecified atom stereocenters. The highest BCUT2D eigenvalue weighted by molar-refractivity contribution is 6.24. The molecule has 10 rings (SSSR count). The number of rotatable bonds is 8. The fraction of sp³-hybridized carbons (Fsp3) is 0.0182. The van der Waals surface area contributed by atoms with Crippen LogP contribution >= 0.6 is 0 Å². The molecule has 280 valence electrons. The van der Waals surface area contributed by atoms with Crippen LogP contribution in [-0.4, -0.2) is 9.97 Å². The number of para-hydroxylation sites is 2. The number of benzene rings is 9. The van der Waals surface area contributed by atoms with Gasteiger partial charge in [0.15, 0.2) is 11.4 Å². The van der Waals surface area contributed by atoms with Gasteiger partial charge in [0.2, 0.25) is 0 Å². The fourth-order valence-electron chi connectivity index (χ4n) is 8.41. The summed E-state index contributed by atoms with van der Waals surface area (Å²) < 4.78 is 0.